The van der Waals surface area contributed by atoms with Crippen LogP contribution >= 0.6 is 11.6 Å². The highest BCUT2D eigenvalue weighted by Crippen LogP contribution is 2.26. The molecule has 0 spiro atoms. The van der Waals surface area contributed by atoms with E-state index < -0.39 is 18.0 Å². The van der Waals surface area contributed by atoms with Crippen LogP contribution in [0.25, 0.3) is 0 Å². The first kappa shape index (κ1) is 11.4. The van der Waals surface area contributed by atoms with Crippen LogP contribution in [0.4, 0.5) is 4.39 Å². The maximum Gasteiger partial charge on any atom is 0.123 e. The molecular weight excluding hydrogens is 207 g/mol. The Hall–Kier alpha value is -0.640. The van der Waals surface area contributed by atoms with Gasteiger partial charge in [0.15, 0.2) is 0 Å². The van der Waals surface area contributed by atoms with E-state index in [2.05, 4.69) is 0 Å². The molecule has 1 aromatic rings. The first-order valence-corrected chi connectivity index (χ1v) is 4.60. The van der Waals surface area contributed by atoms with Gasteiger partial charge in [-0.3, -0.25) is 0 Å². The number of aliphatic hydroxyl groups is 1. The lowest BCUT2D eigenvalue weighted by molar-refractivity contribution is -0.00150. The van der Waals surface area contributed by atoms with Gasteiger partial charge >= 0.3 is 0 Å². The van der Waals surface area contributed by atoms with Crippen molar-refractivity contribution in [2.24, 2.45) is 0 Å². The topological polar surface area (TPSA) is 29.5 Å². The van der Waals surface area contributed by atoms with Crippen LogP contribution in [0.15, 0.2) is 18.2 Å². The van der Waals surface area contributed by atoms with E-state index in [1.807, 2.05) is 0 Å². The van der Waals surface area contributed by atoms with E-state index in [-0.39, 0.29) is 0 Å². The molecule has 4 heteroatoms. The molecule has 0 heterocycles. The molecule has 2 nitrogen and oxygen atoms in total. The Balaban J connectivity index is 2.99. The van der Waals surface area contributed by atoms with Crippen molar-refractivity contribution in [3.05, 3.63) is 34.6 Å². The summed E-state index contributed by atoms with van der Waals surface area (Å²) in [6, 6.07) is 3.87. The summed E-state index contributed by atoms with van der Waals surface area (Å²) in [6.45, 7) is 1.69. The fraction of sp³-hybridized carbons (Fsp3) is 0.400. The van der Waals surface area contributed by atoms with Gasteiger partial charge in [0.25, 0.3) is 0 Å². The van der Waals surface area contributed by atoms with Gasteiger partial charge in [-0.25, -0.2) is 4.39 Å². The average molecular weight is 219 g/mol. The van der Waals surface area contributed by atoms with Gasteiger partial charge < -0.3 is 9.84 Å². The van der Waals surface area contributed by atoms with Crippen molar-refractivity contribution >= 4 is 11.6 Å². The SMILES string of the molecule is COC(C)C(O)c1cc(F)ccc1Cl. The summed E-state index contributed by atoms with van der Waals surface area (Å²) in [5, 5.41) is 10.1. The van der Waals surface area contributed by atoms with Crippen LogP contribution < -0.4 is 0 Å². The lowest BCUT2D eigenvalue weighted by atomic mass is 10.1. The first-order valence-electron chi connectivity index (χ1n) is 4.22. The molecule has 0 amide bonds. The second-order valence-corrected chi connectivity index (χ2v) is 3.46. The molecule has 2 unspecified atom stereocenters. The van der Waals surface area contributed by atoms with Crippen LogP contribution in [-0.2, 0) is 4.74 Å². The molecule has 2 atom stereocenters. The number of methoxy groups -OCH3 is 1. The molecule has 0 radical (unpaired) electrons. The van der Waals surface area contributed by atoms with Crippen molar-refractivity contribution in [3.8, 4) is 0 Å². The van der Waals surface area contributed by atoms with E-state index in [9.17, 15) is 9.50 Å². The third kappa shape index (κ3) is 2.44. The highest BCUT2D eigenvalue weighted by atomic mass is 35.5. The third-order valence-electron chi connectivity index (χ3n) is 2.09. The van der Waals surface area contributed by atoms with Crippen molar-refractivity contribution in [1.29, 1.82) is 0 Å². The van der Waals surface area contributed by atoms with Gasteiger partial charge in [-0.2, -0.15) is 0 Å². The van der Waals surface area contributed by atoms with Crippen LogP contribution in [-0.4, -0.2) is 18.3 Å². The number of halogens is 2. The number of hydrogen-bond donors (Lipinski definition) is 1. The molecule has 1 aromatic carbocycles. The van der Waals surface area contributed by atoms with Gasteiger partial charge in [0, 0.05) is 17.7 Å². The smallest absolute Gasteiger partial charge is 0.123 e. The quantitative estimate of drug-likeness (QED) is 0.845. The second kappa shape index (κ2) is 4.73. The summed E-state index contributed by atoms with van der Waals surface area (Å²) >= 11 is 5.81. The molecule has 0 saturated carbocycles. The minimum atomic E-state index is -0.914. The molecule has 78 valence electrons. The van der Waals surface area contributed by atoms with Gasteiger partial charge in [-0.15, -0.1) is 0 Å². The minimum absolute atomic E-state index is 0.336. The summed E-state index contributed by atoms with van der Waals surface area (Å²) in [4.78, 5) is 0. The summed E-state index contributed by atoms with van der Waals surface area (Å²) < 4.78 is 17.8. The minimum Gasteiger partial charge on any atom is -0.386 e. The van der Waals surface area contributed by atoms with Gasteiger partial charge in [-0.1, -0.05) is 11.6 Å². The normalized spacial score (nSPS) is 15.2. The van der Waals surface area contributed by atoms with E-state index in [4.69, 9.17) is 16.3 Å². The zero-order valence-electron chi connectivity index (χ0n) is 8.00. The molecule has 0 aliphatic rings. The predicted molar refractivity (Wildman–Crippen MR) is 52.8 cm³/mol. The zero-order chi connectivity index (χ0) is 10.7. The van der Waals surface area contributed by atoms with Crippen molar-refractivity contribution in [3.63, 3.8) is 0 Å². The van der Waals surface area contributed by atoms with Crippen LogP contribution in [0.3, 0.4) is 0 Å². The van der Waals surface area contributed by atoms with Crippen molar-refractivity contribution in [1.82, 2.24) is 0 Å². The third-order valence-corrected chi connectivity index (χ3v) is 2.44. The summed E-state index contributed by atoms with van der Waals surface area (Å²) in [7, 11) is 1.47. The van der Waals surface area contributed by atoms with Crippen LogP contribution in [0.2, 0.25) is 5.02 Å². The number of benzene rings is 1. The molecule has 1 N–H and O–H groups in total. The van der Waals surface area contributed by atoms with Crippen molar-refractivity contribution in [2.45, 2.75) is 19.1 Å². The Morgan fingerprint density at radius 1 is 1.50 bits per heavy atom. The fourth-order valence-corrected chi connectivity index (χ4v) is 1.35. The van der Waals surface area contributed by atoms with Crippen LogP contribution in [0.5, 0.6) is 0 Å². The van der Waals surface area contributed by atoms with E-state index in [1.54, 1.807) is 6.92 Å². The fourth-order valence-electron chi connectivity index (χ4n) is 1.12. The van der Waals surface area contributed by atoms with E-state index in [0.29, 0.717) is 10.6 Å². The molecular formula is C10H12ClFO2. The Bertz CT molecular complexity index is 317. The first-order chi connectivity index (χ1) is 6.56. The standard InChI is InChI=1S/C10H12ClFO2/c1-6(14-2)10(13)8-5-7(12)3-4-9(8)11/h3-6,10,13H,1-2H3. The average Bonchev–Trinajstić information content (AvgIpc) is 2.19. The van der Waals surface area contributed by atoms with Crippen molar-refractivity contribution < 1.29 is 14.2 Å². The molecule has 0 fully saturated rings. The summed E-state index contributed by atoms with van der Waals surface area (Å²) in [5.41, 5.74) is 0.348. The summed E-state index contributed by atoms with van der Waals surface area (Å²) in [5.74, 6) is -0.424. The second-order valence-electron chi connectivity index (χ2n) is 3.05. The molecule has 1 rings (SSSR count). The zero-order valence-corrected chi connectivity index (χ0v) is 8.75. The number of hydrogen-bond acceptors (Lipinski definition) is 2. The van der Waals surface area contributed by atoms with E-state index in [1.165, 1.54) is 25.3 Å². The van der Waals surface area contributed by atoms with Gasteiger partial charge in [0.05, 0.1) is 6.10 Å². The Labute approximate surface area is 87.3 Å². The molecule has 0 aromatic heterocycles. The lowest BCUT2D eigenvalue weighted by Gasteiger charge is -2.18. The van der Waals surface area contributed by atoms with E-state index in [0.717, 1.165) is 0 Å². The largest absolute Gasteiger partial charge is 0.386 e. The monoisotopic (exact) mass is 218 g/mol. The number of ether oxygens (including phenoxy) is 1. The highest BCUT2D eigenvalue weighted by Gasteiger charge is 2.18. The Kier molecular flexibility index (Phi) is 3.86. The van der Waals surface area contributed by atoms with Crippen LogP contribution in [0, 0.1) is 5.82 Å². The number of rotatable bonds is 3. The molecule has 0 aliphatic heterocycles. The molecule has 14 heavy (non-hydrogen) atoms. The van der Waals surface area contributed by atoms with E-state index >= 15 is 0 Å². The maximum absolute atomic E-state index is 12.9. The predicted octanol–water partition coefficient (Wildman–Crippen LogP) is 2.55. The van der Waals surface area contributed by atoms with Crippen LogP contribution in [0.1, 0.15) is 18.6 Å². The Morgan fingerprint density at radius 3 is 2.71 bits per heavy atom. The molecule has 0 aliphatic carbocycles. The van der Waals surface area contributed by atoms with Gasteiger partial charge in [0.1, 0.15) is 11.9 Å². The van der Waals surface area contributed by atoms with Gasteiger partial charge in [-0.05, 0) is 25.1 Å². The number of aliphatic hydroxyl groups excluding tert-OH is 1. The lowest BCUT2D eigenvalue weighted by Crippen LogP contribution is -2.17. The molecule has 0 bridgehead atoms. The highest BCUT2D eigenvalue weighted by molar-refractivity contribution is 6.31. The van der Waals surface area contributed by atoms with Gasteiger partial charge in [0.2, 0.25) is 0 Å². The maximum atomic E-state index is 12.9. The molecule has 0 saturated heterocycles. The van der Waals surface area contributed by atoms with Crippen molar-refractivity contribution in [2.75, 3.05) is 7.11 Å². The Morgan fingerprint density at radius 2 is 2.14 bits per heavy atom. The summed E-state index contributed by atoms with van der Waals surface area (Å²) in [6.07, 6.45) is -1.34.